The van der Waals surface area contributed by atoms with Gasteiger partial charge in [-0.1, -0.05) is 51.1 Å². The van der Waals surface area contributed by atoms with E-state index in [0.29, 0.717) is 0 Å². The van der Waals surface area contributed by atoms with Gasteiger partial charge in [0.05, 0.1) is 0 Å². The van der Waals surface area contributed by atoms with Crippen molar-refractivity contribution >= 4 is 11.8 Å². The Bertz CT molecular complexity index is 764. The Kier molecular flexibility index (Phi) is 5.57. The third-order valence-electron chi connectivity index (χ3n) is 4.00. The third-order valence-corrected chi connectivity index (χ3v) is 4.00. The molecule has 0 fully saturated rings. The van der Waals surface area contributed by atoms with E-state index in [9.17, 15) is 14.0 Å². The zero-order chi connectivity index (χ0) is 18.6. The standard InChI is InChI=1S/C20H23FN2O2/c1-20(2,3)15-9-7-13(8-10-15)11-17(18(22)24)23-19(25)14-5-4-6-16(21)12-14/h4-10,12,17H,11H2,1-3H3,(H2,22,24)(H,23,25)/t17-/m1/s1. The summed E-state index contributed by atoms with van der Waals surface area (Å²) in [6.45, 7) is 6.36. The molecule has 0 saturated carbocycles. The molecule has 4 nitrogen and oxygen atoms in total. The van der Waals surface area contributed by atoms with Crippen molar-refractivity contribution in [3.8, 4) is 0 Å². The fourth-order valence-corrected chi connectivity index (χ4v) is 2.47. The van der Waals surface area contributed by atoms with Gasteiger partial charge in [-0.2, -0.15) is 0 Å². The summed E-state index contributed by atoms with van der Waals surface area (Å²) in [5.74, 6) is -1.68. The van der Waals surface area contributed by atoms with Gasteiger partial charge in [-0.15, -0.1) is 0 Å². The lowest BCUT2D eigenvalue weighted by Gasteiger charge is -2.20. The van der Waals surface area contributed by atoms with Crippen LogP contribution < -0.4 is 11.1 Å². The van der Waals surface area contributed by atoms with Crippen LogP contribution in [0.15, 0.2) is 48.5 Å². The number of hydrogen-bond acceptors (Lipinski definition) is 2. The van der Waals surface area contributed by atoms with Crippen LogP contribution in [0, 0.1) is 5.82 Å². The summed E-state index contributed by atoms with van der Waals surface area (Å²) in [5.41, 5.74) is 7.66. The van der Waals surface area contributed by atoms with Gasteiger partial charge in [0.15, 0.2) is 0 Å². The van der Waals surface area contributed by atoms with Gasteiger partial charge in [0.25, 0.3) is 5.91 Å². The highest BCUT2D eigenvalue weighted by Gasteiger charge is 2.20. The van der Waals surface area contributed by atoms with Crippen molar-refractivity contribution in [1.29, 1.82) is 0 Å². The Balaban J connectivity index is 2.11. The Morgan fingerprint density at radius 1 is 1.12 bits per heavy atom. The molecule has 2 aromatic carbocycles. The quantitative estimate of drug-likeness (QED) is 0.877. The minimum atomic E-state index is -0.865. The van der Waals surface area contributed by atoms with Crippen LogP contribution in [0.5, 0.6) is 0 Å². The fourth-order valence-electron chi connectivity index (χ4n) is 2.47. The van der Waals surface area contributed by atoms with E-state index < -0.39 is 23.7 Å². The van der Waals surface area contributed by atoms with Gasteiger partial charge in [0.1, 0.15) is 11.9 Å². The fraction of sp³-hybridized carbons (Fsp3) is 0.300. The zero-order valence-corrected chi connectivity index (χ0v) is 14.7. The first-order chi connectivity index (χ1) is 11.7. The van der Waals surface area contributed by atoms with Gasteiger partial charge in [-0.05, 0) is 34.7 Å². The summed E-state index contributed by atoms with van der Waals surface area (Å²) in [4.78, 5) is 23.9. The first-order valence-electron chi connectivity index (χ1n) is 8.12. The number of carbonyl (C=O) groups excluding carboxylic acids is 2. The lowest BCUT2D eigenvalue weighted by Crippen LogP contribution is -2.45. The Hall–Kier alpha value is -2.69. The van der Waals surface area contributed by atoms with E-state index in [1.165, 1.54) is 23.8 Å². The second kappa shape index (κ2) is 7.47. The van der Waals surface area contributed by atoms with Gasteiger partial charge in [-0.25, -0.2) is 4.39 Å². The van der Waals surface area contributed by atoms with Crippen LogP contribution in [0.1, 0.15) is 42.3 Å². The largest absolute Gasteiger partial charge is 0.368 e. The molecule has 2 amide bonds. The minimum absolute atomic E-state index is 0.0349. The number of benzene rings is 2. The average molecular weight is 342 g/mol. The number of hydrogen-bond donors (Lipinski definition) is 2. The highest BCUT2D eigenvalue weighted by molar-refractivity contribution is 5.97. The maximum absolute atomic E-state index is 13.2. The number of amides is 2. The summed E-state index contributed by atoms with van der Waals surface area (Å²) >= 11 is 0. The van der Waals surface area contributed by atoms with E-state index in [1.54, 1.807) is 0 Å². The summed E-state index contributed by atoms with van der Waals surface area (Å²) in [6.07, 6.45) is 0.279. The maximum atomic E-state index is 13.2. The predicted molar refractivity (Wildman–Crippen MR) is 95.7 cm³/mol. The summed E-state index contributed by atoms with van der Waals surface area (Å²) in [5, 5.41) is 2.57. The molecule has 132 valence electrons. The van der Waals surface area contributed by atoms with E-state index in [4.69, 9.17) is 5.73 Å². The maximum Gasteiger partial charge on any atom is 0.252 e. The number of nitrogens with two attached hydrogens (primary N) is 1. The molecule has 0 aliphatic carbocycles. The Labute approximate surface area is 147 Å². The van der Waals surface area contributed by atoms with Crippen molar-refractivity contribution in [1.82, 2.24) is 5.32 Å². The van der Waals surface area contributed by atoms with E-state index in [1.807, 2.05) is 24.3 Å². The van der Waals surface area contributed by atoms with Crippen LogP contribution in [-0.4, -0.2) is 17.9 Å². The molecular weight excluding hydrogens is 319 g/mol. The number of carbonyl (C=O) groups is 2. The van der Waals surface area contributed by atoms with Crippen molar-refractivity contribution in [2.75, 3.05) is 0 Å². The molecule has 0 heterocycles. The number of nitrogens with one attached hydrogen (secondary N) is 1. The molecular formula is C20H23FN2O2. The first-order valence-corrected chi connectivity index (χ1v) is 8.12. The van der Waals surface area contributed by atoms with Gasteiger partial charge in [-0.3, -0.25) is 9.59 Å². The molecule has 0 aliphatic rings. The van der Waals surface area contributed by atoms with Gasteiger partial charge < -0.3 is 11.1 Å². The summed E-state index contributed by atoms with van der Waals surface area (Å²) in [6, 6.07) is 12.3. The molecule has 25 heavy (non-hydrogen) atoms. The van der Waals surface area contributed by atoms with E-state index in [2.05, 4.69) is 26.1 Å². The van der Waals surface area contributed by atoms with Crippen LogP contribution in [-0.2, 0) is 16.6 Å². The molecule has 0 bridgehead atoms. The molecule has 0 aromatic heterocycles. The lowest BCUT2D eigenvalue weighted by atomic mass is 9.86. The van der Waals surface area contributed by atoms with E-state index >= 15 is 0 Å². The van der Waals surface area contributed by atoms with Crippen molar-refractivity contribution in [2.24, 2.45) is 5.73 Å². The van der Waals surface area contributed by atoms with E-state index in [-0.39, 0.29) is 17.4 Å². The second-order valence-corrected chi connectivity index (χ2v) is 7.09. The molecule has 0 spiro atoms. The first kappa shape index (κ1) is 18.6. The highest BCUT2D eigenvalue weighted by Crippen LogP contribution is 2.22. The predicted octanol–water partition coefficient (Wildman–Crippen LogP) is 2.95. The van der Waals surface area contributed by atoms with Crippen LogP contribution >= 0.6 is 0 Å². The van der Waals surface area contributed by atoms with Crippen LogP contribution in [0.25, 0.3) is 0 Å². The van der Waals surface area contributed by atoms with E-state index in [0.717, 1.165) is 11.6 Å². The van der Waals surface area contributed by atoms with Crippen molar-refractivity contribution in [3.63, 3.8) is 0 Å². The van der Waals surface area contributed by atoms with Crippen LogP contribution in [0.4, 0.5) is 4.39 Å². The minimum Gasteiger partial charge on any atom is -0.368 e. The average Bonchev–Trinajstić information content (AvgIpc) is 2.53. The molecule has 0 saturated heterocycles. The SMILES string of the molecule is CC(C)(C)c1ccc(C[C@@H](NC(=O)c2cccc(F)c2)C(N)=O)cc1. The molecule has 2 aromatic rings. The van der Waals surface area contributed by atoms with Gasteiger partial charge in [0, 0.05) is 12.0 Å². The van der Waals surface area contributed by atoms with Crippen molar-refractivity contribution < 1.29 is 14.0 Å². The summed E-state index contributed by atoms with van der Waals surface area (Å²) in [7, 11) is 0. The molecule has 0 aliphatic heterocycles. The van der Waals surface area contributed by atoms with Crippen LogP contribution in [0.2, 0.25) is 0 Å². The molecule has 0 unspecified atom stereocenters. The topological polar surface area (TPSA) is 72.2 Å². The molecule has 3 N–H and O–H groups in total. The smallest absolute Gasteiger partial charge is 0.252 e. The Morgan fingerprint density at radius 3 is 2.28 bits per heavy atom. The van der Waals surface area contributed by atoms with Crippen LogP contribution in [0.3, 0.4) is 0 Å². The molecule has 0 radical (unpaired) electrons. The highest BCUT2D eigenvalue weighted by atomic mass is 19.1. The van der Waals surface area contributed by atoms with Gasteiger partial charge in [0.2, 0.25) is 5.91 Å². The summed E-state index contributed by atoms with van der Waals surface area (Å²) < 4.78 is 13.2. The molecule has 1 atom stereocenters. The Morgan fingerprint density at radius 2 is 1.76 bits per heavy atom. The van der Waals surface area contributed by atoms with Crippen molar-refractivity contribution in [3.05, 3.63) is 71.0 Å². The number of halogens is 1. The molecule has 2 rings (SSSR count). The third kappa shape index (κ3) is 5.14. The lowest BCUT2D eigenvalue weighted by molar-refractivity contribution is -0.119. The van der Waals surface area contributed by atoms with Gasteiger partial charge >= 0.3 is 0 Å². The van der Waals surface area contributed by atoms with Crippen molar-refractivity contribution in [2.45, 2.75) is 38.6 Å². The number of primary amides is 1. The zero-order valence-electron chi connectivity index (χ0n) is 14.7. The second-order valence-electron chi connectivity index (χ2n) is 7.09. The normalized spacial score (nSPS) is 12.5. The monoisotopic (exact) mass is 342 g/mol. The number of rotatable bonds is 5. The molecule has 5 heteroatoms.